The first-order chi connectivity index (χ1) is 10.1. The van der Waals surface area contributed by atoms with Crippen molar-refractivity contribution in [1.29, 1.82) is 0 Å². The molecular weight excluding hydrogens is 266 g/mol. The van der Waals surface area contributed by atoms with Gasteiger partial charge < -0.3 is 4.74 Å². The van der Waals surface area contributed by atoms with E-state index in [1.54, 1.807) is 0 Å². The lowest BCUT2D eigenvalue weighted by Gasteiger charge is -2.46. The molecule has 2 atom stereocenters. The molecule has 1 saturated carbocycles. The highest BCUT2D eigenvalue weighted by atomic mass is 16.5. The molecule has 0 aromatic rings. The standard InChI is InChI=1S/C16H29N3O2/c1-16(15(20)21-2,17-13-6-7-13)12-18-9-10-19-8-4-3-5-14(19)11-18/h13-14,17H,3-12H2,1-2H3. The molecule has 0 amide bonds. The van der Waals surface area contributed by atoms with E-state index < -0.39 is 5.54 Å². The first-order valence-electron chi connectivity index (χ1n) is 8.43. The van der Waals surface area contributed by atoms with E-state index in [0.717, 1.165) is 26.2 Å². The number of nitrogens with one attached hydrogen (secondary N) is 1. The van der Waals surface area contributed by atoms with Crippen LogP contribution in [0, 0.1) is 0 Å². The summed E-state index contributed by atoms with van der Waals surface area (Å²) in [7, 11) is 1.49. The Bertz CT molecular complexity index is 386. The van der Waals surface area contributed by atoms with Crippen molar-refractivity contribution in [2.24, 2.45) is 0 Å². The zero-order valence-electron chi connectivity index (χ0n) is 13.4. The summed E-state index contributed by atoms with van der Waals surface area (Å²) < 4.78 is 5.05. The minimum absolute atomic E-state index is 0.125. The van der Waals surface area contributed by atoms with Crippen LogP contribution in [0.1, 0.15) is 39.0 Å². The van der Waals surface area contributed by atoms with Gasteiger partial charge in [-0.25, -0.2) is 0 Å². The van der Waals surface area contributed by atoms with Crippen molar-refractivity contribution >= 4 is 5.97 Å². The van der Waals surface area contributed by atoms with Crippen LogP contribution >= 0.6 is 0 Å². The Balaban J connectivity index is 1.60. The summed E-state index contributed by atoms with van der Waals surface area (Å²) in [6.07, 6.45) is 6.37. The largest absolute Gasteiger partial charge is 0.468 e. The molecule has 3 fully saturated rings. The van der Waals surface area contributed by atoms with Crippen molar-refractivity contribution in [3.05, 3.63) is 0 Å². The van der Waals surface area contributed by atoms with E-state index in [9.17, 15) is 4.79 Å². The van der Waals surface area contributed by atoms with Crippen molar-refractivity contribution in [3.8, 4) is 0 Å². The Morgan fingerprint density at radius 3 is 2.76 bits per heavy atom. The van der Waals surface area contributed by atoms with Crippen LogP contribution in [0.4, 0.5) is 0 Å². The fourth-order valence-electron chi connectivity index (χ4n) is 3.88. The number of fused-ring (bicyclic) bond motifs is 1. The van der Waals surface area contributed by atoms with Gasteiger partial charge in [0, 0.05) is 38.3 Å². The molecule has 1 aliphatic carbocycles. The number of carbonyl (C=O) groups is 1. The van der Waals surface area contributed by atoms with Gasteiger partial charge in [-0.2, -0.15) is 0 Å². The lowest BCUT2D eigenvalue weighted by atomic mass is 9.96. The number of esters is 1. The Labute approximate surface area is 128 Å². The molecule has 2 heterocycles. The summed E-state index contributed by atoms with van der Waals surface area (Å²) in [4.78, 5) is 17.3. The van der Waals surface area contributed by atoms with E-state index in [-0.39, 0.29) is 5.97 Å². The lowest BCUT2D eigenvalue weighted by Crippen LogP contribution is -2.62. The second-order valence-corrected chi connectivity index (χ2v) is 7.16. The second-order valence-electron chi connectivity index (χ2n) is 7.16. The summed E-state index contributed by atoms with van der Waals surface area (Å²) in [5.74, 6) is -0.125. The third kappa shape index (κ3) is 3.58. The third-order valence-electron chi connectivity index (χ3n) is 5.20. The van der Waals surface area contributed by atoms with E-state index in [0.29, 0.717) is 12.1 Å². The van der Waals surface area contributed by atoms with E-state index in [1.165, 1.54) is 45.8 Å². The molecule has 0 bridgehead atoms. The van der Waals surface area contributed by atoms with Crippen LogP contribution in [0.5, 0.6) is 0 Å². The summed E-state index contributed by atoms with van der Waals surface area (Å²) >= 11 is 0. The van der Waals surface area contributed by atoms with Crippen LogP contribution in [0.25, 0.3) is 0 Å². The van der Waals surface area contributed by atoms with Crippen LogP contribution in [0.2, 0.25) is 0 Å². The van der Waals surface area contributed by atoms with Gasteiger partial charge in [0.1, 0.15) is 5.54 Å². The smallest absolute Gasteiger partial charge is 0.327 e. The summed E-state index contributed by atoms with van der Waals surface area (Å²) in [5.41, 5.74) is -0.563. The maximum atomic E-state index is 12.2. The van der Waals surface area contributed by atoms with Crippen LogP contribution in [-0.2, 0) is 9.53 Å². The van der Waals surface area contributed by atoms with Gasteiger partial charge in [-0.15, -0.1) is 0 Å². The van der Waals surface area contributed by atoms with Crippen LogP contribution in [0.15, 0.2) is 0 Å². The quantitative estimate of drug-likeness (QED) is 0.762. The summed E-state index contributed by atoms with van der Waals surface area (Å²) in [6, 6.07) is 1.19. The van der Waals surface area contributed by atoms with Gasteiger partial charge in [-0.05, 0) is 39.2 Å². The maximum Gasteiger partial charge on any atom is 0.327 e. The first kappa shape index (κ1) is 15.3. The molecule has 120 valence electrons. The van der Waals surface area contributed by atoms with E-state index in [1.807, 2.05) is 6.92 Å². The van der Waals surface area contributed by atoms with Gasteiger partial charge >= 0.3 is 5.97 Å². The molecule has 5 nitrogen and oxygen atoms in total. The van der Waals surface area contributed by atoms with E-state index >= 15 is 0 Å². The number of hydrogen-bond donors (Lipinski definition) is 1. The molecule has 0 aromatic carbocycles. The number of methoxy groups -OCH3 is 1. The highest BCUT2D eigenvalue weighted by molar-refractivity contribution is 5.80. The third-order valence-corrected chi connectivity index (χ3v) is 5.20. The van der Waals surface area contributed by atoms with Crippen molar-refractivity contribution in [2.45, 2.75) is 56.7 Å². The Kier molecular flexibility index (Phi) is 4.52. The SMILES string of the molecule is COC(=O)C(C)(CN1CCN2CCCCC2C1)NC1CC1. The minimum atomic E-state index is -0.563. The van der Waals surface area contributed by atoms with Crippen molar-refractivity contribution in [1.82, 2.24) is 15.1 Å². The van der Waals surface area contributed by atoms with Crippen molar-refractivity contribution in [3.63, 3.8) is 0 Å². The molecule has 2 unspecified atom stereocenters. The molecule has 0 aromatic heterocycles. The Hall–Kier alpha value is -0.650. The topological polar surface area (TPSA) is 44.8 Å². The van der Waals surface area contributed by atoms with Gasteiger partial charge in [0.25, 0.3) is 0 Å². The monoisotopic (exact) mass is 295 g/mol. The van der Waals surface area contributed by atoms with Gasteiger partial charge in [-0.1, -0.05) is 6.42 Å². The molecule has 21 heavy (non-hydrogen) atoms. The number of nitrogens with zero attached hydrogens (tertiary/aromatic N) is 2. The molecule has 0 spiro atoms. The molecule has 5 heteroatoms. The van der Waals surface area contributed by atoms with E-state index in [2.05, 4.69) is 15.1 Å². The predicted octanol–water partition coefficient (Wildman–Crippen LogP) is 0.840. The van der Waals surface area contributed by atoms with Crippen LogP contribution in [-0.4, -0.2) is 73.2 Å². The van der Waals surface area contributed by atoms with Gasteiger partial charge in [0.15, 0.2) is 0 Å². The van der Waals surface area contributed by atoms with Gasteiger partial charge in [-0.3, -0.25) is 19.9 Å². The fraction of sp³-hybridized carbons (Fsp3) is 0.938. The normalized spacial score (nSPS) is 30.5. The first-order valence-corrected chi connectivity index (χ1v) is 8.43. The predicted molar refractivity (Wildman–Crippen MR) is 82.2 cm³/mol. The number of piperazine rings is 1. The van der Waals surface area contributed by atoms with Crippen molar-refractivity contribution in [2.75, 3.05) is 39.8 Å². The average molecular weight is 295 g/mol. The molecule has 1 N–H and O–H groups in total. The Morgan fingerprint density at radius 2 is 2.05 bits per heavy atom. The highest BCUT2D eigenvalue weighted by Gasteiger charge is 2.42. The molecule has 0 radical (unpaired) electrons. The molecular formula is C16H29N3O2. The average Bonchev–Trinajstić information content (AvgIpc) is 3.29. The minimum Gasteiger partial charge on any atom is -0.468 e. The second kappa shape index (κ2) is 6.23. The van der Waals surface area contributed by atoms with Gasteiger partial charge in [0.2, 0.25) is 0 Å². The fourth-order valence-corrected chi connectivity index (χ4v) is 3.88. The zero-order chi connectivity index (χ0) is 14.9. The lowest BCUT2D eigenvalue weighted by molar-refractivity contribution is -0.149. The van der Waals surface area contributed by atoms with Crippen molar-refractivity contribution < 1.29 is 9.53 Å². The number of piperidine rings is 1. The molecule has 3 rings (SSSR count). The number of ether oxygens (including phenoxy) is 1. The number of rotatable bonds is 5. The molecule has 2 saturated heterocycles. The molecule has 3 aliphatic rings. The summed E-state index contributed by atoms with van der Waals surface area (Å²) in [6.45, 7) is 7.33. The van der Waals surface area contributed by atoms with E-state index in [4.69, 9.17) is 4.74 Å². The van der Waals surface area contributed by atoms with Crippen LogP contribution < -0.4 is 5.32 Å². The molecule has 2 aliphatic heterocycles. The zero-order valence-corrected chi connectivity index (χ0v) is 13.4. The number of hydrogen-bond acceptors (Lipinski definition) is 5. The maximum absolute atomic E-state index is 12.2. The highest BCUT2D eigenvalue weighted by Crippen LogP contribution is 2.26. The van der Waals surface area contributed by atoms with Crippen LogP contribution in [0.3, 0.4) is 0 Å². The Morgan fingerprint density at radius 1 is 1.24 bits per heavy atom. The van der Waals surface area contributed by atoms with Gasteiger partial charge in [0.05, 0.1) is 7.11 Å². The summed E-state index contributed by atoms with van der Waals surface area (Å²) in [5, 5.41) is 3.51. The number of carbonyl (C=O) groups excluding carboxylic acids is 1.